The summed E-state index contributed by atoms with van der Waals surface area (Å²) in [6.45, 7) is 5.47. The molecule has 0 bridgehead atoms. The number of pyridine rings is 1. The Labute approximate surface area is 103 Å². The summed E-state index contributed by atoms with van der Waals surface area (Å²) in [5.41, 5.74) is 7.05. The van der Waals surface area contributed by atoms with Gasteiger partial charge in [-0.05, 0) is 19.1 Å². The Morgan fingerprint density at radius 1 is 1.71 bits per heavy atom. The van der Waals surface area contributed by atoms with E-state index in [0.717, 1.165) is 4.70 Å². The molecule has 2 heterocycles. The minimum Gasteiger partial charge on any atom is -0.396 e. The van der Waals surface area contributed by atoms with Crippen LogP contribution in [0.5, 0.6) is 0 Å². The number of hydrogen-bond donors (Lipinski definition) is 2. The van der Waals surface area contributed by atoms with E-state index < -0.39 is 0 Å². The third-order valence-corrected chi connectivity index (χ3v) is 3.56. The number of nitrogens with two attached hydrogens (primary N) is 1. The van der Waals surface area contributed by atoms with Crippen molar-refractivity contribution >= 4 is 33.1 Å². The van der Waals surface area contributed by atoms with Gasteiger partial charge >= 0.3 is 0 Å². The number of amides is 1. The van der Waals surface area contributed by atoms with Gasteiger partial charge in [0.25, 0.3) is 5.91 Å². The highest BCUT2D eigenvalue weighted by Gasteiger charge is 2.17. The van der Waals surface area contributed by atoms with E-state index in [9.17, 15) is 4.79 Å². The molecule has 0 aliphatic heterocycles. The number of fused-ring (bicyclic) bond motifs is 1. The van der Waals surface area contributed by atoms with Crippen molar-refractivity contribution in [2.45, 2.75) is 13.0 Å². The Hall–Kier alpha value is -1.88. The second-order valence-electron chi connectivity index (χ2n) is 3.69. The molecule has 0 aliphatic carbocycles. The lowest BCUT2D eigenvalue weighted by atomic mass is 10.3. The van der Waals surface area contributed by atoms with E-state index in [1.807, 2.05) is 19.1 Å². The van der Waals surface area contributed by atoms with Gasteiger partial charge in [-0.25, -0.2) is 0 Å². The molecule has 0 spiro atoms. The van der Waals surface area contributed by atoms with E-state index in [1.54, 1.807) is 12.3 Å². The Kier molecular flexibility index (Phi) is 3.10. The first kappa shape index (κ1) is 11.6. The Morgan fingerprint density at radius 2 is 2.47 bits per heavy atom. The van der Waals surface area contributed by atoms with Crippen LogP contribution < -0.4 is 11.1 Å². The van der Waals surface area contributed by atoms with Crippen LogP contribution in [0, 0.1) is 0 Å². The summed E-state index contributed by atoms with van der Waals surface area (Å²) in [6, 6.07) is 3.64. The van der Waals surface area contributed by atoms with Gasteiger partial charge in [-0.3, -0.25) is 9.78 Å². The molecule has 0 radical (unpaired) electrons. The predicted octanol–water partition coefficient (Wildman–Crippen LogP) is 2.18. The maximum atomic E-state index is 11.9. The number of anilines is 1. The van der Waals surface area contributed by atoms with Gasteiger partial charge in [0.2, 0.25) is 0 Å². The fraction of sp³-hybridized carbons (Fsp3) is 0.167. The second kappa shape index (κ2) is 4.55. The van der Waals surface area contributed by atoms with E-state index in [1.165, 1.54) is 11.3 Å². The summed E-state index contributed by atoms with van der Waals surface area (Å²) in [7, 11) is 0. The molecule has 1 amide bonds. The van der Waals surface area contributed by atoms with Crippen LogP contribution in [0.3, 0.4) is 0 Å². The average molecular weight is 247 g/mol. The molecular weight excluding hydrogens is 234 g/mol. The van der Waals surface area contributed by atoms with Crippen LogP contribution in [0.2, 0.25) is 0 Å². The maximum Gasteiger partial charge on any atom is 0.264 e. The molecule has 2 aromatic heterocycles. The van der Waals surface area contributed by atoms with Crippen LogP contribution in [0.4, 0.5) is 5.69 Å². The van der Waals surface area contributed by atoms with Crippen LogP contribution >= 0.6 is 11.3 Å². The molecule has 1 unspecified atom stereocenters. The van der Waals surface area contributed by atoms with Crippen molar-refractivity contribution < 1.29 is 4.79 Å². The molecule has 5 heteroatoms. The predicted molar refractivity (Wildman–Crippen MR) is 71.2 cm³/mol. The largest absolute Gasteiger partial charge is 0.396 e. The van der Waals surface area contributed by atoms with Crippen molar-refractivity contribution in [3.8, 4) is 0 Å². The average Bonchev–Trinajstić information content (AvgIpc) is 2.67. The fourth-order valence-electron chi connectivity index (χ4n) is 1.45. The van der Waals surface area contributed by atoms with Gasteiger partial charge in [-0.15, -0.1) is 17.9 Å². The van der Waals surface area contributed by atoms with Crippen LogP contribution in [-0.4, -0.2) is 16.9 Å². The number of thiophene rings is 1. The summed E-state index contributed by atoms with van der Waals surface area (Å²) in [5.74, 6) is -0.182. The first-order valence-corrected chi connectivity index (χ1v) is 6.01. The van der Waals surface area contributed by atoms with Crippen molar-refractivity contribution in [3.63, 3.8) is 0 Å². The second-order valence-corrected chi connectivity index (χ2v) is 4.75. The fourth-order valence-corrected chi connectivity index (χ4v) is 2.43. The molecule has 0 saturated carbocycles. The molecule has 0 aliphatic rings. The molecule has 88 valence electrons. The summed E-state index contributed by atoms with van der Waals surface area (Å²) in [4.78, 5) is 16.6. The molecule has 0 saturated heterocycles. The molecule has 3 N–H and O–H groups in total. The minimum atomic E-state index is -0.182. The molecule has 17 heavy (non-hydrogen) atoms. The van der Waals surface area contributed by atoms with Crippen molar-refractivity contribution in [1.29, 1.82) is 0 Å². The van der Waals surface area contributed by atoms with Crippen LogP contribution in [-0.2, 0) is 0 Å². The zero-order chi connectivity index (χ0) is 12.4. The normalized spacial score (nSPS) is 12.3. The third-order valence-electron chi connectivity index (χ3n) is 2.40. The molecule has 4 nitrogen and oxygen atoms in total. The van der Waals surface area contributed by atoms with E-state index in [4.69, 9.17) is 5.73 Å². The lowest BCUT2D eigenvalue weighted by Gasteiger charge is -2.07. The highest BCUT2D eigenvalue weighted by atomic mass is 32.1. The molecule has 0 fully saturated rings. The number of nitrogens with zero attached hydrogens (tertiary/aromatic N) is 1. The molecule has 0 aromatic carbocycles. The van der Waals surface area contributed by atoms with Gasteiger partial charge in [-0.1, -0.05) is 6.08 Å². The van der Waals surface area contributed by atoms with Crippen LogP contribution in [0.1, 0.15) is 16.6 Å². The van der Waals surface area contributed by atoms with Gasteiger partial charge in [0.05, 0.1) is 10.4 Å². The molecule has 1 atom stereocenters. The van der Waals surface area contributed by atoms with E-state index in [-0.39, 0.29) is 11.9 Å². The smallest absolute Gasteiger partial charge is 0.264 e. The number of nitrogen functional groups attached to an aromatic ring is 1. The number of carbonyl (C=O) groups is 1. The zero-order valence-electron chi connectivity index (χ0n) is 9.43. The summed E-state index contributed by atoms with van der Waals surface area (Å²) >= 11 is 1.35. The summed E-state index contributed by atoms with van der Waals surface area (Å²) in [6.07, 6.45) is 3.33. The Bertz CT molecular complexity index is 576. The first-order chi connectivity index (χ1) is 8.13. The zero-order valence-corrected chi connectivity index (χ0v) is 10.3. The Morgan fingerprint density at radius 3 is 3.12 bits per heavy atom. The van der Waals surface area contributed by atoms with Gasteiger partial charge in [-0.2, -0.15) is 0 Å². The quantitative estimate of drug-likeness (QED) is 0.817. The van der Waals surface area contributed by atoms with Gasteiger partial charge in [0, 0.05) is 12.2 Å². The summed E-state index contributed by atoms with van der Waals surface area (Å²) < 4.78 is 0.918. The molecular formula is C12H13N3OS. The number of rotatable bonds is 3. The number of nitrogens with one attached hydrogen (secondary N) is 1. The number of hydrogen-bond acceptors (Lipinski definition) is 4. The van der Waals surface area contributed by atoms with Crippen molar-refractivity contribution in [1.82, 2.24) is 10.3 Å². The van der Waals surface area contributed by atoms with E-state index >= 15 is 0 Å². The Balaban J connectivity index is 2.39. The highest BCUT2D eigenvalue weighted by molar-refractivity contribution is 7.21. The van der Waals surface area contributed by atoms with Crippen LogP contribution in [0.25, 0.3) is 10.2 Å². The third kappa shape index (κ3) is 2.14. The minimum absolute atomic E-state index is 0.0833. The monoisotopic (exact) mass is 247 g/mol. The molecule has 2 rings (SSSR count). The van der Waals surface area contributed by atoms with E-state index in [0.29, 0.717) is 16.1 Å². The van der Waals surface area contributed by atoms with Crippen LogP contribution in [0.15, 0.2) is 31.0 Å². The SMILES string of the molecule is C=CC(C)NC(=O)c1sc2cccnc2c1N. The lowest BCUT2D eigenvalue weighted by molar-refractivity contribution is 0.0952. The molecule has 2 aromatic rings. The van der Waals surface area contributed by atoms with Gasteiger partial charge < -0.3 is 11.1 Å². The van der Waals surface area contributed by atoms with Crippen molar-refractivity contribution in [2.75, 3.05) is 5.73 Å². The van der Waals surface area contributed by atoms with Crippen molar-refractivity contribution in [2.24, 2.45) is 0 Å². The van der Waals surface area contributed by atoms with E-state index in [2.05, 4.69) is 16.9 Å². The maximum absolute atomic E-state index is 11.9. The van der Waals surface area contributed by atoms with Gasteiger partial charge in [0.1, 0.15) is 10.4 Å². The standard InChI is InChI=1S/C12H13N3OS/c1-3-7(2)15-12(16)11-9(13)10-8(17-11)5-4-6-14-10/h3-7H,1,13H2,2H3,(H,15,16). The van der Waals surface area contributed by atoms with Crippen molar-refractivity contribution in [3.05, 3.63) is 35.9 Å². The van der Waals surface area contributed by atoms with Gasteiger partial charge in [0.15, 0.2) is 0 Å². The highest BCUT2D eigenvalue weighted by Crippen LogP contribution is 2.31. The topological polar surface area (TPSA) is 68.0 Å². The first-order valence-electron chi connectivity index (χ1n) is 5.20. The lowest BCUT2D eigenvalue weighted by Crippen LogP contribution is -2.30. The number of carbonyl (C=O) groups excluding carboxylic acids is 1. The summed E-state index contributed by atoms with van der Waals surface area (Å²) in [5, 5.41) is 2.79. The number of aromatic nitrogens is 1.